The molecule has 3 nitrogen and oxygen atoms in total. The van der Waals surface area contributed by atoms with E-state index in [0.717, 1.165) is 12.1 Å². The molecular formula is C9H12ClN3. The fourth-order valence-electron chi connectivity index (χ4n) is 0.698. The molecule has 1 N–H and O–H groups in total. The molecule has 0 aliphatic heterocycles. The van der Waals surface area contributed by atoms with Crippen molar-refractivity contribution >= 4 is 23.1 Å². The molecule has 1 aromatic heterocycles. The Hall–Kier alpha value is -1.09. The van der Waals surface area contributed by atoms with Gasteiger partial charge in [-0.25, -0.2) is 4.98 Å². The van der Waals surface area contributed by atoms with Crippen molar-refractivity contribution in [1.82, 2.24) is 4.98 Å². The third-order valence-corrected chi connectivity index (χ3v) is 1.83. The van der Waals surface area contributed by atoms with Crippen molar-refractivity contribution in [3.63, 3.8) is 0 Å². The molecule has 0 bridgehead atoms. The van der Waals surface area contributed by atoms with Crippen LogP contribution in [-0.2, 0) is 0 Å². The summed E-state index contributed by atoms with van der Waals surface area (Å²) in [5.41, 5.74) is 3.86. The van der Waals surface area contributed by atoms with Crippen LogP contribution in [0.25, 0.3) is 0 Å². The van der Waals surface area contributed by atoms with Crippen LogP contribution in [0.4, 0.5) is 5.82 Å². The fraction of sp³-hybridized carbons (Fsp3) is 0.333. The molecular weight excluding hydrogens is 186 g/mol. The zero-order valence-electron chi connectivity index (χ0n) is 7.71. The van der Waals surface area contributed by atoms with E-state index in [1.165, 1.54) is 0 Å². The van der Waals surface area contributed by atoms with Crippen molar-refractivity contribution in [2.45, 2.75) is 20.3 Å². The van der Waals surface area contributed by atoms with Crippen molar-refractivity contribution in [2.75, 3.05) is 5.43 Å². The Balaban J connectivity index is 2.64. The topological polar surface area (TPSA) is 37.3 Å². The van der Waals surface area contributed by atoms with Gasteiger partial charge in [-0.05, 0) is 19.4 Å². The molecule has 0 amide bonds. The van der Waals surface area contributed by atoms with E-state index in [9.17, 15) is 0 Å². The summed E-state index contributed by atoms with van der Waals surface area (Å²) in [5, 5.41) is 4.75. The maximum absolute atomic E-state index is 5.77. The summed E-state index contributed by atoms with van der Waals surface area (Å²) >= 11 is 5.77. The summed E-state index contributed by atoms with van der Waals surface area (Å²) < 4.78 is 0. The van der Waals surface area contributed by atoms with Crippen LogP contribution in [0.3, 0.4) is 0 Å². The van der Waals surface area contributed by atoms with E-state index in [2.05, 4.69) is 15.5 Å². The number of hydrogen-bond donors (Lipinski definition) is 1. The van der Waals surface area contributed by atoms with Crippen LogP contribution in [-0.4, -0.2) is 10.7 Å². The standard InChI is InChI=1S/C9H12ClN3/c1-3-7(2)12-13-9-6-8(10)4-5-11-9/h4-6H,3H2,1-2H3,(H,11,13)/b12-7+. The smallest absolute Gasteiger partial charge is 0.147 e. The van der Waals surface area contributed by atoms with Crippen LogP contribution >= 0.6 is 11.6 Å². The number of anilines is 1. The highest BCUT2D eigenvalue weighted by Gasteiger charge is 1.92. The van der Waals surface area contributed by atoms with E-state index < -0.39 is 0 Å². The minimum Gasteiger partial charge on any atom is -0.261 e. The SMILES string of the molecule is CC/C(C)=N/Nc1cc(Cl)ccn1. The van der Waals surface area contributed by atoms with Crippen molar-refractivity contribution < 1.29 is 0 Å². The van der Waals surface area contributed by atoms with E-state index in [0.29, 0.717) is 10.8 Å². The van der Waals surface area contributed by atoms with Crippen molar-refractivity contribution in [1.29, 1.82) is 0 Å². The number of aromatic nitrogens is 1. The molecule has 0 aromatic carbocycles. The number of hydrazone groups is 1. The van der Waals surface area contributed by atoms with Gasteiger partial charge in [0.05, 0.1) is 0 Å². The summed E-state index contributed by atoms with van der Waals surface area (Å²) in [4.78, 5) is 4.04. The minimum absolute atomic E-state index is 0.654. The van der Waals surface area contributed by atoms with Gasteiger partial charge in [-0.1, -0.05) is 18.5 Å². The molecule has 1 aromatic rings. The summed E-state index contributed by atoms with van der Waals surface area (Å²) in [6, 6.07) is 3.46. The van der Waals surface area contributed by atoms with Crippen molar-refractivity contribution in [3.8, 4) is 0 Å². The summed E-state index contributed by atoms with van der Waals surface area (Å²) in [7, 11) is 0. The first-order valence-electron chi connectivity index (χ1n) is 4.13. The molecule has 0 unspecified atom stereocenters. The third-order valence-electron chi connectivity index (χ3n) is 1.59. The number of nitrogens with zero attached hydrogens (tertiary/aromatic N) is 2. The lowest BCUT2D eigenvalue weighted by molar-refractivity contribution is 1.18. The van der Waals surface area contributed by atoms with Gasteiger partial charge in [-0.2, -0.15) is 5.10 Å². The zero-order valence-corrected chi connectivity index (χ0v) is 8.47. The average Bonchev–Trinajstić information content (AvgIpc) is 2.14. The maximum Gasteiger partial charge on any atom is 0.147 e. The van der Waals surface area contributed by atoms with Gasteiger partial charge in [-0.3, -0.25) is 5.43 Å². The Kier molecular flexibility index (Phi) is 3.71. The van der Waals surface area contributed by atoms with Gasteiger partial charge in [-0.15, -0.1) is 0 Å². The van der Waals surface area contributed by atoms with E-state index in [4.69, 9.17) is 11.6 Å². The molecule has 0 saturated heterocycles. The largest absolute Gasteiger partial charge is 0.261 e. The molecule has 0 aliphatic rings. The minimum atomic E-state index is 0.654. The van der Waals surface area contributed by atoms with Gasteiger partial charge < -0.3 is 0 Å². The number of pyridine rings is 1. The second kappa shape index (κ2) is 4.82. The normalized spacial score (nSPS) is 11.5. The molecule has 13 heavy (non-hydrogen) atoms. The highest BCUT2D eigenvalue weighted by Crippen LogP contribution is 2.11. The Morgan fingerprint density at radius 3 is 3.08 bits per heavy atom. The molecule has 1 rings (SSSR count). The lowest BCUT2D eigenvalue weighted by Gasteiger charge is -2.00. The van der Waals surface area contributed by atoms with Crippen molar-refractivity contribution in [3.05, 3.63) is 23.4 Å². The molecule has 70 valence electrons. The Bertz CT molecular complexity index is 309. The lowest BCUT2D eigenvalue weighted by atomic mass is 10.3. The second-order valence-corrected chi connectivity index (χ2v) is 3.11. The number of rotatable bonds is 3. The lowest BCUT2D eigenvalue weighted by Crippen LogP contribution is -1.97. The number of halogens is 1. The molecule has 0 fully saturated rings. The Labute approximate surface area is 82.8 Å². The first kappa shape index (κ1) is 9.99. The fourth-order valence-corrected chi connectivity index (χ4v) is 0.857. The molecule has 0 spiro atoms. The quantitative estimate of drug-likeness (QED) is 0.598. The van der Waals surface area contributed by atoms with Crippen LogP contribution in [0.15, 0.2) is 23.4 Å². The highest BCUT2D eigenvalue weighted by molar-refractivity contribution is 6.30. The van der Waals surface area contributed by atoms with Crippen LogP contribution < -0.4 is 5.43 Å². The molecule has 0 atom stereocenters. The van der Waals surface area contributed by atoms with Crippen LogP contribution in [0, 0.1) is 0 Å². The third kappa shape index (κ3) is 3.42. The molecule has 1 heterocycles. The van der Waals surface area contributed by atoms with Gasteiger partial charge in [0.15, 0.2) is 0 Å². The maximum atomic E-state index is 5.77. The van der Waals surface area contributed by atoms with Gasteiger partial charge in [0.1, 0.15) is 5.82 Å². The highest BCUT2D eigenvalue weighted by atomic mass is 35.5. The summed E-state index contributed by atoms with van der Waals surface area (Å²) in [6.45, 7) is 4.00. The molecule has 0 saturated carbocycles. The van der Waals surface area contributed by atoms with E-state index in [-0.39, 0.29) is 0 Å². The van der Waals surface area contributed by atoms with Crippen LogP contribution in [0.2, 0.25) is 5.02 Å². The molecule has 0 radical (unpaired) electrons. The van der Waals surface area contributed by atoms with E-state index in [1.54, 1.807) is 18.3 Å². The van der Waals surface area contributed by atoms with E-state index in [1.807, 2.05) is 13.8 Å². The molecule has 0 aliphatic carbocycles. The second-order valence-electron chi connectivity index (χ2n) is 2.67. The number of hydrogen-bond acceptors (Lipinski definition) is 3. The first-order valence-corrected chi connectivity index (χ1v) is 4.51. The van der Waals surface area contributed by atoms with Crippen LogP contribution in [0.5, 0.6) is 0 Å². The van der Waals surface area contributed by atoms with E-state index >= 15 is 0 Å². The predicted molar refractivity (Wildman–Crippen MR) is 56.3 cm³/mol. The van der Waals surface area contributed by atoms with Crippen molar-refractivity contribution in [2.24, 2.45) is 5.10 Å². The zero-order chi connectivity index (χ0) is 9.68. The van der Waals surface area contributed by atoms with Gasteiger partial charge >= 0.3 is 0 Å². The van der Waals surface area contributed by atoms with Gasteiger partial charge in [0, 0.05) is 23.0 Å². The monoisotopic (exact) mass is 197 g/mol. The predicted octanol–water partition coefficient (Wildman–Crippen LogP) is 2.93. The van der Waals surface area contributed by atoms with Gasteiger partial charge in [0.25, 0.3) is 0 Å². The van der Waals surface area contributed by atoms with Crippen LogP contribution in [0.1, 0.15) is 20.3 Å². The molecule has 4 heteroatoms. The summed E-state index contributed by atoms with van der Waals surface area (Å²) in [6.07, 6.45) is 2.56. The number of nitrogens with one attached hydrogen (secondary N) is 1. The Morgan fingerprint density at radius 1 is 1.69 bits per heavy atom. The summed E-state index contributed by atoms with van der Waals surface area (Å²) in [5.74, 6) is 0.667. The Morgan fingerprint density at radius 2 is 2.46 bits per heavy atom. The first-order chi connectivity index (χ1) is 6.22. The average molecular weight is 198 g/mol. The van der Waals surface area contributed by atoms with Gasteiger partial charge in [0.2, 0.25) is 0 Å².